The maximum absolute atomic E-state index is 5.24. The molecule has 11 heavy (non-hydrogen) atoms. The summed E-state index contributed by atoms with van der Waals surface area (Å²) in [6.45, 7) is 4.76. The fraction of sp³-hybridized carbons (Fsp3) is 0.444. The van der Waals surface area contributed by atoms with Crippen LogP contribution >= 0.6 is 0 Å². The number of aromatic nitrogens is 1. The van der Waals surface area contributed by atoms with E-state index >= 15 is 0 Å². The van der Waals surface area contributed by atoms with Gasteiger partial charge in [0, 0.05) is 12.3 Å². The summed E-state index contributed by atoms with van der Waals surface area (Å²) in [7, 11) is 0. The highest BCUT2D eigenvalue weighted by Gasteiger charge is 1.93. The van der Waals surface area contributed by atoms with E-state index in [1.165, 1.54) is 5.56 Å². The third-order valence-corrected chi connectivity index (χ3v) is 1.50. The van der Waals surface area contributed by atoms with Gasteiger partial charge in [0.1, 0.15) is 0 Å². The average molecular weight is 151 g/mol. The van der Waals surface area contributed by atoms with Crippen LogP contribution in [-0.4, -0.2) is 11.6 Å². The van der Waals surface area contributed by atoms with Crippen molar-refractivity contribution in [2.24, 2.45) is 0 Å². The molecule has 2 heteroatoms. The Morgan fingerprint density at radius 2 is 2.27 bits per heavy atom. The van der Waals surface area contributed by atoms with Crippen LogP contribution in [0.4, 0.5) is 0 Å². The molecule has 0 aliphatic heterocycles. The lowest BCUT2D eigenvalue weighted by Gasteiger charge is -2.02. The van der Waals surface area contributed by atoms with Crippen molar-refractivity contribution in [1.29, 1.82) is 0 Å². The van der Waals surface area contributed by atoms with Crippen LogP contribution in [0.25, 0.3) is 0 Å². The van der Waals surface area contributed by atoms with Gasteiger partial charge in [0.25, 0.3) is 0 Å². The van der Waals surface area contributed by atoms with Gasteiger partial charge in [0.05, 0.1) is 6.61 Å². The van der Waals surface area contributed by atoms with Crippen LogP contribution in [0.3, 0.4) is 0 Å². The van der Waals surface area contributed by atoms with E-state index in [2.05, 4.69) is 11.9 Å². The Morgan fingerprint density at radius 3 is 2.91 bits per heavy atom. The molecule has 60 valence electrons. The van der Waals surface area contributed by atoms with Crippen LogP contribution in [0.2, 0.25) is 0 Å². The highest BCUT2D eigenvalue weighted by atomic mass is 16.5. The molecule has 0 amide bonds. The quantitative estimate of drug-likeness (QED) is 0.659. The number of aryl methyl sites for hydroxylation is 1. The Bertz CT molecular complexity index is 223. The smallest absolute Gasteiger partial charge is 0.213 e. The molecular formula is C9H13NO. The zero-order chi connectivity index (χ0) is 8.10. The number of hydrogen-bond donors (Lipinski definition) is 0. The molecule has 0 bridgehead atoms. The van der Waals surface area contributed by atoms with Crippen molar-refractivity contribution in [3.8, 4) is 5.88 Å². The first-order chi connectivity index (χ1) is 5.36. The Hall–Kier alpha value is -1.05. The van der Waals surface area contributed by atoms with Crippen LogP contribution in [0.15, 0.2) is 18.3 Å². The second-order valence-corrected chi connectivity index (χ2v) is 2.29. The number of nitrogens with zero attached hydrogens (tertiary/aromatic N) is 1. The van der Waals surface area contributed by atoms with Gasteiger partial charge in [0.15, 0.2) is 0 Å². The van der Waals surface area contributed by atoms with Crippen LogP contribution < -0.4 is 4.74 Å². The Morgan fingerprint density at radius 1 is 1.45 bits per heavy atom. The summed E-state index contributed by atoms with van der Waals surface area (Å²) in [5.74, 6) is 0.729. The maximum Gasteiger partial charge on any atom is 0.213 e. The van der Waals surface area contributed by atoms with E-state index in [1.807, 2.05) is 19.1 Å². The molecule has 0 fully saturated rings. The van der Waals surface area contributed by atoms with Gasteiger partial charge >= 0.3 is 0 Å². The van der Waals surface area contributed by atoms with Crippen molar-refractivity contribution in [3.63, 3.8) is 0 Å². The van der Waals surface area contributed by atoms with Crippen LogP contribution in [0.5, 0.6) is 5.88 Å². The van der Waals surface area contributed by atoms with E-state index < -0.39 is 0 Å². The fourth-order valence-electron chi connectivity index (χ4n) is 0.897. The van der Waals surface area contributed by atoms with E-state index in [4.69, 9.17) is 4.74 Å². The molecule has 1 aromatic rings. The van der Waals surface area contributed by atoms with E-state index in [9.17, 15) is 0 Å². The minimum absolute atomic E-state index is 0.681. The molecule has 1 heterocycles. The minimum Gasteiger partial charge on any atom is -0.478 e. The van der Waals surface area contributed by atoms with Gasteiger partial charge in [-0.2, -0.15) is 0 Å². The summed E-state index contributed by atoms with van der Waals surface area (Å²) >= 11 is 0. The topological polar surface area (TPSA) is 22.1 Å². The minimum atomic E-state index is 0.681. The van der Waals surface area contributed by atoms with E-state index in [-0.39, 0.29) is 0 Å². The molecule has 0 radical (unpaired) electrons. The highest BCUT2D eigenvalue weighted by molar-refractivity contribution is 5.20. The Balaban J connectivity index is 2.74. The monoisotopic (exact) mass is 151 g/mol. The molecule has 0 aliphatic rings. The predicted octanol–water partition coefficient (Wildman–Crippen LogP) is 2.04. The summed E-state index contributed by atoms with van der Waals surface area (Å²) in [5.41, 5.74) is 1.27. The van der Waals surface area contributed by atoms with Crippen molar-refractivity contribution < 1.29 is 4.74 Å². The van der Waals surface area contributed by atoms with Gasteiger partial charge in [0.2, 0.25) is 5.88 Å². The lowest BCUT2D eigenvalue weighted by atomic mass is 10.2. The van der Waals surface area contributed by atoms with Gasteiger partial charge < -0.3 is 4.74 Å². The molecule has 0 aliphatic carbocycles. The lowest BCUT2D eigenvalue weighted by Crippen LogP contribution is -1.94. The van der Waals surface area contributed by atoms with Crippen molar-refractivity contribution >= 4 is 0 Å². The second-order valence-electron chi connectivity index (χ2n) is 2.29. The standard InChI is InChI=1S/C9H13NO/c1-3-8-5-6-10-9(7-8)11-4-2/h5-7H,3-4H2,1-2H3. The third-order valence-electron chi connectivity index (χ3n) is 1.50. The first-order valence-electron chi connectivity index (χ1n) is 3.94. The van der Waals surface area contributed by atoms with E-state index in [0.717, 1.165) is 12.3 Å². The first-order valence-corrected chi connectivity index (χ1v) is 3.94. The molecule has 0 atom stereocenters. The van der Waals surface area contributed by atoms with Crippen LogP contribution in [-0.2, 0) is 6.42 Å². The molecule has 0 N–H and O–H groups in total. The SMILES string of the molecule is CCOc1cc(CC)ccn1. The van der Waals surface area contributed by atoms with Crippen molar-refractivity contribution in [1.82, 2.24) is 4.98 Å². The molecule has 2 nitrogen and oxygen atoms in total. The molecule has 1 rings (SSSR count). The lowest BCUT2D eigenvalue weighted by molar-refractivity contribution is 0.326. The number of ether oxygens (including phenoxy) is 1. The molecule has 1 aromatic heterocycles. The zero-order valence-electron chi connectivity index (χ0n) is 7.00. The molecular weight excluding hydrogens is 138 g/mol. The molecule has 0 spiro atoms. The van der Waals surface area contributed by atoms with E-state index in [0.29, 0.717) is 6.61 Å². The number of rotatable bonds is 3. The number of pyridine rings is 1. The summed E-state index contributed by atoms with van der Waals surface area (Å²) < 4.78 is 5.24. The van der Waals surface area contributed by atoms with Crippen LogP contribution in [0.1, 0.15) is 19.4 Å². The molecule has 0 saturated carbocycles. The van der Waals surface area contributed by atoms with Gasteiger partial charge in [-0.3, -0.25) is 0 Å². The van der Waals surface area contributed by atoms with E-state index in [1.54, 1.807) is 6.20 Å². The van der Waals surface area contributed by atoms with Crippen molar-refractivity contribution in [2.45, 2.75) is 20.3 Å². The van der Waals surface area contributed by atoms with Gasteiger partial charge in [-0.25, -0.2) is 4.98 Å². The third kappa shape index (κ3) is 2.22. The van der Waals surface area contributed by atoms with Crippen molar-refractivity contribution in [3.05, 3.63) is 23.9 Å². The molecule has 0 aromatic carbocycles. The van der Waals surface area contributed by atoms with Crippen LogP contribution in [0, 0.1) is 0 Å². The summed E-state index contributed by atoms with van der Waals surface area (Å²) in [5, 5.41) is 0. The Kier molecular flexibility index (Phi) is 2.90. The molecule has 0 saturated heterocycles. The first kappa shape index (κ1) is 8.05. The van der Waals surface area contributed by atoms with Gasteiger partial charge in [-0.1, -0.05) is 6.92 Å². The Labute approximate surface area is 67.2 Å². The highest BCUT2D eigenvalue weighted by Crippen LogP contribution is 2.08. The predicted molar refractivity (Wildman–Crippen MR) is 44.8 cm³/mol. The van der Waals surface area contributed by atoms with Gasteiger partial charge in [-0.05, 0) is 25.0 Å². The average Bonchev–Trinajstić information content (AvgIpc) is 2.06. The fourth-order valence-corrected chi connectivity index (χ4v) is 0.897. The molecule has 0 unspecified atom stereocenters. The second kappa shape index (κ2) is 3.96. The summed E-state index contributed by atoms with van der Waals surface area (Å²) in [6.07, 6.45) is 2.81. The maximum atomic E-state index is 5.24. The number of hydrogen-bond acceptors (Lipinski definition) is 2. The van der Waals surface area contributed by atoms with Crippen molar-refractivity contribution in [2.75, 3.05) is 6.61 Å². The van der Waals surface area contributed by atoms with Gasteiger partial charge in [-0.15, -0.1) is 0 Å². The normalized spacial score (nSPS) is 9.64. The largest absolute Gasteiger partial charge is 0.478 e. The summed E-state index contributed by atoms with van der Waals surface area (Å²) in [6, 6.07) is 3.98. The summed E-state index contributed by atoms with van der Waals surface area (Å²) in [4.78, 5) is 4.05. The zero-order valence-corrected chi connectivity index (χ0v) is 7.00.